The Kier molecular flexibility index (Phi) is 5.77. The molecule has 0 radical (unpaired) electrons. The zero-order valence-corrected chi connectivity index (χ0v) is 13.4. The Labute approximate surface area is 122 Å². The third-order valence-corrected chi connectivity index (χ3v) is 4.83. The second-order valence-electron chi connectivity index (χ2n) is 5.91. The minimum Gasteiger partial charge on any atom is -0.313 e. The van der Waals surface area contributed by atoms with Gasteiger partial charge in [-0.2, -0.15) is 11.8 Å². The highest BCUT2D eigenvalue weighted by Crippen LogP contribution is 2.34. The Morgan fingerprint density at radius 1 is 1.21 bits per heavy atom. The van der Waals surface area contributed by atoms with Crippen LogP contribution in [0.2, 0.25) is 0 Å². The molecule has 0 aliphatic heterocycles. The summed E-state index contributed by atoms with van der Waals surface area (Å²) in [5.41, 5.74) is 4.25. The van der Waals surface area contributed by atoms with Gasteiger partial charge in [-0.1, -0.05) is 36.2 Å². The molecule has 1 N–H and O–H groups in total. The summed E-state index contributed by atoms with van der Waals surface area (Å²) in [4.78, 5) is 0. The summed E-state index contributed by atoms with van der Waals surface area (Å²) in [7, 11) is 0. The number of rotatable bonds is 8. The van der Waals surface area contributed by atoms with Gasteiger partial charge >= 0.3 is 0 Å². The van der Waals surface area contributed by atoms with Crippen LogP contribution in [-0.4, -0.2) is 18.3 Å². The van der Waals surface area contributed by atoms with Crippen molar-refractivity contribution in [2.75, 3.05) is 12.3 Å². The predicted molar refractivity (Wildman–Crippen MR) is 86.9 cm³/mol. The summed E-state index contributed by atoms with van der Waals surface area (Å²) in [6.45, 7) is 7.80. The van der Waals surface area contributed by atoms with Gasteiger partial charge in [-0.05, 0) is 51.1 Å². The fraction of sp³-hybridized carbons (Fsp3) is 0.647. The number of aryl methyl sites for hydroxylation is 2. The van der Waals surface area contributed by atoms with Crippen LogP contribution < -0.4 is 5.32 Å². The molecule has 1 saturated carbocycles. The summed E-state index contributed by atoms with van der Waals surface area (Å²) in [5, 5.41) is 3.72. The molecule has 2 heteroatoms. The van der Waals surface area contributed by atoms with E-state index >= 15 is 0 Å². The van der Waals surface area contributed by atoms with Crippen LogP contribution in [0.4, 0.5) is 0 Å². The zero-order valence-electron chi connectivity index (χ0n) is 12.5. The number of hydrogen-bond donors (Lipinski definition) is 1. The first-order valence-corrected chi connectivity index (χ1v) is 8.73. The Morgan fingerprint density at radius 2 is 1.89 bits per heavy atom. The quantitative estimate of drug-likeness (QED) is 0.759. The number of thioether (sulfide) groups is 1. The normalized spacial score (nSPS) is 16.6. The van der Waals surface area contributed by atoms with Gasteiger partial charge < -0.3 is 5.32 Å². The lowest BCUT2D eigenvalue weighted by molar-refractivity contribution is 0.503. The molecule has 19 heavy (non-hydrogen) atoms. The summed E-state index contributed by atoms with van der Waals surface area (Å²) in [6, 6.07) is 7.65. The minimum atomic E-state index is 0.746. The van der Waals surface area contributed by atoms with E-state index < -0.39 is 0 Å². The van der Waals surface area contributed by atoms with Crippen molar-refractivity contribution in [1.82, 2.24) is 5.32 Å². The molecule has 1 fully saturated rings. The van der Waals surface area contributed by atoms with Crippen LogP contribution in [0.25, 0.3) is 0 Å². The first kappa shape index (κ1) is 14.9. The molecule has 106 valence electrons. The van der Waals surface area contributed by atoms with Crippen LogP contribution >= 0.6 is 11.8 Å². The van der Waals surface area contributed by atoms with Crippen LogP contribution in [-0.2, 0) is 5.75 Å². The van der Waals surface area contributed by atoms with Crippen molar-refractivity contribution in [1.29, 1.82) is 0 Å². The molecule has 1 unspecified atom stereocenters. The van der Waals surface area contributed by atoms with Crippen molar-refractivity contribution in [3.8, 4) is 0 Å². The van der Waals surface area contributed by atoms with Crippen LogP contribution in [0.15, 0.2) is 18.2 Å². The summed E-state index contributed by atoms with van der Waals surface area (Å²) < 4.78 is 0. The van der Waals surface area contributed by atoms with Crippen molar-refractivity contribution in [2.24, 2.45) is 5.92 Å². The van der Waals surface area contributed by atoms with Gasteiger partial charge in [0.2, 0.25) is 0 Å². The van der Waals surface area contributed by atoms with E-state index in [9.17, 15) is 0 Å². The predicted octanol–water partition coefficient (Wildman–Crippen LogP) is 4.31. The van der Waals surface area contributed by atoms with E-state index in [2.05, 4.69) is 56.0 Å². The van der Waals surface area contributed by atoms with Gasteiger partial charge in [0.25, 0.3) is 0 Å². The standard InChI is InChI=1S/C17H27NS/c1-4-7-18-17(16-5-6-16)12-19-11-15-9-13(2)8-14(3)10-15/h8-10,16-18H,4-7,11-12H2,1-3H3. The van der Waals surface area contributed by atoms with Crippen molar-refractivity contribution in [3.63, 3.8) is 0 Å². The molecule has 0 spiro atoms. The van der Waals surface area contributed by atoms with Gasteiger partial charge in [0.05, 0.1) is 0 Å². The van der Waals surface area contributed by atoms with E-state index in [1.165, 1.54) is 48.3 Å². The molecule has 0 aromatic heterocycles. The van der Waals surface area contributed by atoms with Crippen molar-refractivity contribution >= 4 is 11.8 Å². The Hall–Kier alpha value is -0.470. The van der Waals surface area contributed by atoms with E-state index in [0.717, 1.165) is 17.7 Å². The molecule has 1 aliphatic carbocycles. The molecule has 0 bridgehead atoms. The summed E-state index contributed by atoms with van der Waals surface area (Å²) in [5.74, 6) is 3.37. The maximum Gasteiger partial charge on any atom is 0.0186 e. The van der Waals surface area contributed by atoms with Crippen molar-refractivity contribution < 1.29 is 0 Å². The molecule has 0 amide bonds. The first-order chi connectivity index (χ1) is 9.19. The Morgan fingerprint density at radius 3 is 2.47 bits per heavy atom. The first-order valence-electron chi connectivity index (χ1n) is 7.57. The second-order valence-corrected chi connectivity index (χ2v) is 6.94. The second kappa shape index (κ2) is 7.35. The molecule has 0 saturated heterocycles. The molecule has 1 aromatic rings. The van der Waals surface area contributed by atoms with Gasteiger partial charge in [0.1, 0.15) is 0 Å². The third kappa shape index (κ3) is 5.19. The largest absolute Gasteiger partial charge is 0.313 e. The fourth-order valence-electron chi connectivity index (χ4n) is 2.65. The fourth-order valence-corrected chi connectivity index (χ4v) is 3.81. The van der Waals surface area contributed by atoms with Gasteiger partial charge in [-0.25, -0.2) is 0 Å². The Bertz CT molecular complexity index is 378. The van der Waals surface area contributed by atoms with Gasteiger partial charge in [0.15, 0.2) is 0 Å². The van der Waals surface area contributed by atoms with E-state index in [4.69, 9.17) is 0 Å². The molecule has 1 atom stereocenters. The molecular formula is C17H27NS. The number of hydrogen-bond acceptors (Lipinski definition) is 2. The Balaban J connectivity index is 1.77. The van der Waals surface area contributed by atoms with E-state index in [1.807, 2.05) is 0 Å². The zero-order chi connectivity index (χ0) is 13.7. The highest BCUT2D eigenvalue weighted by molar-refractivity contribution is 7.98. The average Bonchev–Trinajstić information content (AvgIpc) is 3.16. The van der Waals surface area contributed by atoms with Crippen LogP contribution in [0.5, 0.6) is 0 Å². The smallest absolute Gasteiger partial charge is 0.0186 e. The lowest BCUT2D eigenvalue weighted by Crippen LogP contribution is -2.33. The molecule has 2 rings (SSSR count). The molecule has 1 nitrogen and oxygen atoms in total. The minimum absolute atomic E-state index is 0.746. The van der Waals surface area contributed by atoms with E-state index in [0.29, 0.717) is 0 Å². The van der Waals surface area contributed by atoms with Gasteiger partial charge in [0, 0.05) is 17.5 Å². The lowest BCUT2D eigenvalue weighted by atomic mass is 10.1. The third-order valence-electron chi connectivity index (χ3n) is 3.70. The molecular weight excluding hydrogens is 250 g/mol. The van der Waals surface area contributed by atoms with Crippen molar-refractivity contribution in [3.05, 3.63) is 34.9 Å². The lowest BCUT2D eigenvalue weighted by Gasteiger charge is -2.17. The summed E-state index contributed by atoms with van der Waals surface area (Å²) >= 11 is 2.09. The van der Waals surface area contributed by atoms with Crippen LogP contribution in [0.1, 0.15) is 42.9 Å². The highest BCUT2D eigenvalue weighted by atomic mass is 32.2. The van der Waals surface area contributed by atoms with E-state index in [1.54, 1.807) is 0 Å². The average molecular weight is 277 g/mol. The summed E-state index contributed by atoms with van der Waals surface area (Å²) in [6.07, 6.45) is 4.11. The number of benzene rings is 1. The molecule has 0 heterocycles. The monoisotopic (exact) mass is 277 g/mol. The van der Waals surface area contributed by atoms with Gasteiger partial charge in [-0.15, -0.1) is 0 Å². The van der Waals surface area contributed by atoms with Crippen LogP contribution in [0.3, 0.4) is 0 Å². The van der Waals surface area contributed by atoms with Crippen LogP contribution in [0, 0.1) is 19.8 Å². The topological polar surface area (TPSA) is 12.0 Å². The molecule has 1 aliphatic rings. The van der Waals surface area contributed by atoms with Gasteiger partial charge in [-0.3, -0.25) is 0 Å². The van der Waals surface area contributed by atoms with Crippen molar-refractivity contribution in [2.45, 2.75) is 51.8 Å². The van der Waals surface area contributed by atoms with E-state index in [-0.39, 0.29) is 0 Å². The molecule has 1 aromatic carbocycles. The maximum atomic E-state index is 3.72. The SMILES string of the molecule is CCCNC(CSCc1cc(C)cc(C)c1)C1CC1. The highest BCUT2D eigenvalue weighted by Gasteiger charge is 2.30. The number of nitrogens with one attached hydrogen (secondary N) is 1. The maximum absolute atomic E-state index is 3.72.